The number of hydrogen-bond donors (Lipinski definition) is 1. The van der Waals surface area contributed by atoms with E-state index in [0.717, 1.165) is 12.8 Å². The second kappa shape index (κ2) is 5.90. The van der Waals surface area contributed by atoms with E-state index in [2.05, 4.69) is 0 Å². The Bertz CT molecular complexity index is 357. The van der Waals surface area contributed by atoms with Crippen molar-refractivity contribution in [2.24, 2.45) is 11.8 Å². The summed E-state index contributed by atoms with van der Waals surface area (Å²) in [6.45, 7) is 5.14. The van der Waals surface area contributed by atoms with Crippen LogP contribution in [0.5, 0.6) is 0 Å². The van der Waals surface area contributed by atoms with Crippen LogP contribution < -0.4 is 0 Å². The predicted octanol–water partition coefficient (Wildman–Crippen LogP) is 1.51. The Hall–Kier alpha value is -1.10. The predicted molar refractivity (Wildman–Crippen MR) is 69.7 cm³/mol. The van der Waals surface area contributed by atoms with Gasteiger partial charge in [-0.05, 0) is 33.1 Å². The number of aliphatic carboxylic acids is 1. The van der Waals surface area contributed by atoms with Crippen molar-refractivity contribution in [2.45, 2.75) is 51.7 Å². The number of ether oxygens (including phenoxy) is 1. The molecule has 1 aliphatic heterocycles. The molecule has 1 N–H and O–H groups in total. The third kappa shape index (κ3) is 3.26. The molecule has 108 valence electrons. The van der Waals surface area contributed by atoms with Gasteiger partial charge in [0.25, 0.3) is 0 Å². The Morgan fingerprint density at radius 1 is 1.21 bits per heavy atom. The molecule has 0 unspecified atom stereocenters. The van der Waals surface area contributed by atoms with E-state index in [-0.39, 0.29) is 29.9 Å². The van der Waals surface area contributed by atoms with E-state index in [0.29, 0.717) is 26.0 Å². The minimum Gasteiger partial charge on any atom is -0.481 e. The van der Waals surface area contributed by atoms with Crippen molar-refractivity contribution in [3.8, 4) is 0 Å². The molecule has 1 heterocycles. The van der Waals surface area contributed by atoms with E-state index in [1.165, 1.54) is 0 Å². The fourth-order valence-corrected chi connectivity index (χ4v) is 3.08. The maximum atomic E-state index is 12.6. The summed E-state index contributed by atoms with van der Waals surface area (Å²) in [7, 11) is 0. The van der Waals surface area contributed by atoms with Gasteiger partial charge in [0.15, 0.2) is 0 Å². The number of hydrogen-bond acceptors (Lipinski definition) is 3. The highest BCUT2D eigenvalue weighted by molar-refractivity contribution is 5.80. The average molecular weight is 269 g/mol. The molecule has 1 saturated heterocycles. The highest BCUT2D eigenvalue weighted by Crippen LogP contribution is 2.31. The minimum absolute atomic E-state index is 0.0685. The van der Waals surface area contributed by atoms with Gasteiger partial charge in [-0.25, -0.2) is 0 Å². The quantitative estimate of drug-likeness (QED) is 0.825. The SMILES string of the molecule is C[C@@H]1CN(C(=O)[C@@H]2CCC[C@@H](C(=O)O)C2)[C@@H](C)CO1. The van der Waals surface area contributed by atoms with Gasteiger partial charge in [-0.2, -0.15) is 0 Å². The van der Waals surface area contributed by atoms with Crippen LogP contribution in [0.4, 0.5) is 0 Å². The van der Waals surface area contributed by atoms with Gasteiger partial charge < -0.3 is 14.7 Å². The zero-order valence-corrected chi connectivity index (χ0v) is 11.7. The number of morpholine rings is 1. The smallest absolute Gasteiger partial charge is 0.306 e. The fourth-order valence-electron chi connectivity index (χ4n) is 3.08. The Morgan fingerprint density at radius 3 is 2.58 bits per heavy atom. The molecule has 0 aromatic rings. The Kier molecular flexibility index (Phi) is 4.45. The van der Waals surface area contributed by atoms with Crippen LogP contribution in [0.15, 0.2) is 0 Å². The van der Waals surface area contributed by atoms with Gasteiger partial charge >= 0.3 is 5.97 Å². The monoisotopic (exact) mass is 269 g/mol. The van der Waals surface area contributed by atoms with Crippen LogP contribution in [-0.2, 0) is 14.3 Å². The van der Waals surface area contributed by atoms with Gasteiger partial charge in [0.05, 0.1) is 24.7 Å². The van der Waals surface area contributed by atoms with Crippen molar-refractivity contribution in [2.75, 3.05) is 13.2 Å². The van der Waals surface area contributed by atoms with Gasteiger partial charge in [-0.3, -0.25) is 9.59 Å². The maximum Gasteiger partial charge on any atom is 0.306 e. The van der Waals surface area contributed by atoms with E-state index in [9.17, 15) is 9.59 Å². The topological polar surface area (TPSA) is 66.8 Å². The first-order valence-corrected chi connectivity index (χ1v) is 7.14. The van der Waals surface area contributed by atoms with Gasteiger partial charge in [-0.1, -0.05) is 6.42 Å². The average Bonchev–Trinajstić information content (AvgIpc) is 2.41. The summed E-state index contributed by atoms with van der Waals surface area (Å²) in [5, 5.41) is 9.10. The van der Waals surface area contributed by atoms with Crippen LogP contribution in [0, 0.1) is 11.8 Å². The number of carbonyl (C=O) groups excluding carboxylic acids is 1. The first-order valence-electron chi connectivity index (χ1n) is 7.14. The Morgan fingerprint density at radius 2 is 1.89 bits per heavy atom. The molecule has 0 aromatic carbocycles. The molecule has 5 heteroatoms. The van der Waals surface area contributed by atoms with Crippen molar-refractivity contribution in [3.05, 3.63) is 0 Å². The molecule has 5 nitrogen and oxygen atoms in total. The summed E-state index contributed by atoms with van der Waals surface area (Å²) >= 11 is 0. The van der Waals surface area contributed by atoms with E-state index in [4.69, 9.17) is 9.84 Å². The molecule has 1 aliphatic carbocycles. The molecule has 2 rings (SSSR count). The summed E-state index contributed by atoms with van der Waals surface area (Å²) in [5.74, 6) is -1.12. The lowest BCUT2D eigenvalue weighted by molar-refractivity contribution is -0.151. The van der Waals surface area contributed by atoms with Crippen molar-refractivity contribution in [1.29, 1.82) is 0 Å². The second-order valence-electron chi connectivity index (χ2n) is 5.88. The normalized spacial score (nSPS) is 36.0. The maximum absolute atomic E-state index is 12.6. The largest absolute Gasteiger partial charge is 0.481 e. The molecule has 1 amide bonds. The third-order valence-electron chi connectivity index (χ3n) is 4.26. The molecule has 1 saturated carbocycles. The fraction of sp³-hybridized carbons (Fsp3) is 0.857. The summed E-state index contributed by atoms with van der Waals surface area (Å²) in [6.07, 6.45) is 2.92. The first kappa shape index (κ1) is 14.3. The Balaban J connectivity index is 2.00. The molecular weight excluding hydrogens is 246 g/mol. The van der Waals surface area contributed by atoms with Crippen molar-refractivity contribution in [1.82, 2.24) is 4.90 Å². The number of rotatable bonds is 2. The van der Waals surface area contributed by atoms with Gasteiger partial charge in [-0.15, -0.1) is 0 Å². The zero-order valence-electron chi connectivity index (χ0n) is 11.7. The zero-order chi connectivity index (χ0) is 14.0. The number of amides is 1. The summed E-state index contributed by atoms with van der Waals surface area (Å²) in [5.41, 5.74) is 0. The third-order valence-corrected chi connectivity index (χ3v) is 4.26. The number of carboxylic acids is 1. The number of carbonyl (C=O) groups is 2. The first-order chi connectivity index (χ1) is 8.99. The number of carboxylic acid groups (broad SMARTS) is 1. The standard InChI is InChI=1S/C14H23NO4/c1-9-8-19-10(2)7-15(9)13(16)11-4-3-5-12(6-11)14(17)18/h9-12H,3-8H2,1-2H3,(H,17,18)/t9-,10+,11+,12+/m0/s1. The summed E-state index contributed by atoms with van der Waals surface area (Å²) in [4.78, 5) is 25.5. The van der Waals surface area contributed by atoms with Crippen LogP contribution in [0.25, 0.3) is 0 Å². The summed E-state index contributed by atoms with van der Waals surface area (Å²) in [6, 6.07) is 0.0916. The van der Waals surface area contributed by atoms with Crippen molar-refractivity contribution >= 4 is 11.9 Å². The van der Waals surface area contributed by atoms with Gasteiger partial charge in [0.1, 0.15) is 0 Å². The molecule has 0 spiro atoms. The van der Waals surface area contributed by atoms with Crippen LogP contribution >= 0.6 is 0 Å². The Labute approximate surface area is 113 Å². The van der Waals surface area contributed by atoms with Crippen LogP contribution in [-0.4, -0.2) is 47.2 Å². The van der Waals surface area contributed by atoms with Crippen molar-refractivity contribution < 1.29 is 19.4 Å². The molecule has 0 radical (unpaired) electrons. The highest BCUT2D eigenvalue weighted by Gasteiger charge is 2.36. The second-order valence-corrected chi connectivity index (χ2v) is 5.88. The van der Waals surface area contributed by atoms with E-state index < -0.39 is 5.97 Å². The van der Waals surface area contributed by atoms with Gasteiger partial charge in [0, 0.05) is 12.5 Å². The van der Waals surface area contributed by atoms with Crippen molar-refractivity contribution in [3.63, 3.8) is 0 Å². The molecule has 2 aliphatic rings. The lowest BCUT2D eigenvalue weighted by Gasteiger charge is -2.40. The number of nitrogens with zero attached hydrogens (tertiary/aromatic N) is 1. The van der Waals surface area contributed by atoms with E-state index in [1.54, 1.807) is 0 Å². The van der Waals surface area contributed by atoms with Crippen LogP contribution in [0.1, 0.15) is 39.5 Å². The highest BCUT2D eigenvalue weighted by atomic mass is 16.5. The van der Waals surface area contributed by atoms with Crippen LogP contribution in [0.2, 0.25) is 0 Å². The van der Waals surface area contributed by atoms with Crippen LogP contribution in [0.3, 0.4) is 0 Å². The molecular formula is C14H23NO4. The van der Waals surface area contributed by atoms with Gasteiger partial charge in [0.2, 0.25) is 5.91 Å². The van der Waals surface area contributed by atoms with E-state index >= 15 is 0 Å². The van der Waals surface area contributed by atoms with E-state index in [1.807, 2.05) is 18.7 Å². The minimum atomic E-state index is -0.763. The summed E-state index contributed by atoms with van der Waals surface area (Å²) < 4.78 is 5.53. The lowest BCUT2D eigenvalue weighted by Crippen LogP contribution is -2.52. The molecule has 19 heavy (non-hydrogen) atoms. The molecule has 2 fully saturated rings. The lowest BCUT2D eigenvalue weighted by atomic mass is 9.80. The molecule has 0 bridgehead atoms. The molecule has 4 atom stereocenters. The molecule has 0 aromatic heterocycles.